The lowest BCUT2D eigenvalue weighted by atomic mass is 10.1. The fraction of sp³-hybridized carbons (Fsp3) is 0.154. The van der Waals surface area contributed by atoms with Gasteiger partial charge in [0.25, 0.3) is 0 Å². The molecule has 1 aromatic carbocycles. The molecule has 1 unspecified atom stereocenters. The van der Waals surface area contributed by atoms with Gasteiger partial charge in [-0.3, -0.25) is 0 Å². The number of hydrogen-bond donors (Lipinski definition) is 1. The number of fused-ring (bicyclic) bond motifs is 1. The summed E-state index contributed by atoms with van der Waals surface area (Å²) in [5, 5.41) is 14.7. The molecule has 0 aliphatic carbocycles. The van der Waals surface area contributed by atoms with E-state index < -0.39 is 6.10 Å². The molecule has 7 heteroatoms. The molecular formula is C13H11BrN4O2. The van der Waals surface area contributed by atoms with Crippen molar-refractivity contribution in [3.63, 3.8) is 0 Å². The molecule has 3 aromatic rings. The number of ether oxygens (including phenoxy) is 1. The van der Waals surface area contributed by atoms with E-state index in [2.05, 4.69) is 31.0 Å². The minimum atomic E-state index is -0.914. The second-order valence-electron chi connectivity index (χ2n) is 4.13. The van der Waals surface area contributed by atoms with Crippen LogP contribution in [0.25, 0.3) is 5.65 Å². The van der Waals surface area contributed by atoms with Crippen LogP contribution in [0.4, 0.5) is 0 Å². The number of aliphatic hydroxyl groups is 1. The Kier molecular flexibility index (Phi) is 3.37. The molecule has 1 atom stereocenters. The van der Waals surface area contributed by atoms with Crippen molar-refractivity contribution in [2.45, 2.75) is 6.10 Å². The van der Waals surface area contributed by atoms with Crippen molar-refractivity contribution in [2.24, 2.45) is 0 Å². The average molecular weight is 335 g/mol. The maximum Gasteiger partial charge on any atom is 0.218 e. The zero-order valence-electron chi connectivity index (χ0n) is 10.6. The average Bonchev–Trinajstić information content (AvgIpc) is 2.86. The van der Waals surface area contributed by atoms with Crippen LogP contribution in [-0.2, 0) is 0 Å². The van der Waals surface area contributed by atoms with E-state index >= 15 is 0 Å². The normalized spacial score (nSPS) is 12.6. The highest BCUT2D eigenvalue weighted by molar-refractivity contribution is 9.10. The standard InChI is InChI=1S/C13H11BrN4O2/c1-20-9-4-2-3-8(7-9)11(19)12-15-6-5-10-16-13(14)17-18(10)12/h2-7,11,19H,1H3. The Morgan fingerprint density at radius 2 is 2.20 bits per heavy atom. The van der Waals surface area contributed by atoms with Crippen LogP contribution in [0.15, 0.2) is 41.3 Å². The Balaban J connectivity index is 2.09. The first-order valence-electron chi connectivity index (χ1n) is 5.88. The third-order valence-electron chi connectivity index (χ3n) is 2.91. The third-order valence-corrected chi connectivity index (χ3v) is 3.24. The molecule has 0 saturated carbocycles. The van der Waals surface area contributed by atoms with Gasteiger partial charge < -0.3 is 9.84 Å². The van der Waals surface area contributed by atoms with Crippen LogP contribution in [0.2, 0.25) is 0 Å². The predicted octanol–water partition coefficient (Wildman–Crippen LogP) is 1.98. The SMILES string of the molecule is COc1cccc(C(O)c2nccc3nc(Br)nn23)c1. The van der Waals surface area contributed by atoms with Gasteiger partial charge in [-0.15, -0.1) is 5.10 Å². The topological polar surface area (TPSA) is 72.5 Å². The molecule has 0 saturated heterocycles. The molecule has 0 radical (unpaired) electrons. The van der Waals surface area contributed by atoms with Crippen molar-refractivity contribution >= 4 is 21.6 Å². The van der Waals surface area contributed by atoms with E-state index in [0.717, 1.165) is 0 Å². The number of methoxy groups -OCH3 is 1. The van der Waals surface area contributed by atoms with Gasteiger partial charge in [-0.1, -0.05) is 12.1 Å². The molecule has 0 aliphatic rings. The van der Waals surface area contributed by atoms with Crippen molar-refractivity contribution in [3.8, 4) is 5.75 Å². The predicted molar refractivity (Wildman–Crippen MR) is 75.5 cm³/mol. The van der Waals surface area contributed by atoms with E-state index in [1.165, 1.54) is 4.52 Å². The van der Waals surface area contributed by atoms with E-state index in [4.69, 9.17) is 4.74 Å². The molecule has 0 amide bonds. The van der Waals surface area contributed by atoms with Crippen molar-refractivity contribution < 1.29 is 9.84 Å². The van der Waals surface area contributed by atoms with Gasteiger partial charge in [0.2, 0.25) is 4.73 Å². The molecule has 0 fully saturated rings. The Morgan fingerprint density at radius 1 is 1.35 bits per heavy atom. The molecule has 20 heavy (non-hydrogen) atoms. The molecule has 0 aliphatic heterocycles. The number of aliphatic hydroxyl groups excluding tert-OH is 1. The van der Waals surface area contributed by atoms with E-state index in [0.29, 0.717) is 27.5 Å². The number of nitrogens with zero attached hydrogens (tertiary/aromatic N) is 4. The second-order valence-corrected chi connectivity index (χ2v) is 4.84. The molecule has 1 N–H and O–H groups in total. The van der Waals surface area contributed by atoms with Crippen LogP contribution in [0.1, 0.15) is 17.5 Å². The van der Waals surface area contributed by atoms with Gasteiger partial charge in [0.05, 0.1) is 7.11 Å². The lowest BCUT2D eigenvalue weighted by Gasteiger charge is -2.12. The Morgan fingerprint density at radius 3 is 3.00 bits per heavy atom. The summed E-state index contributed by atoms with van der Waals surface area (Å²) in [6.07, 6.45) is 0.678. The summed E-state index contributed by atoms with van der Waals surface area (Å²) < 4.78 is 7.12. The first-order chi connectivity index (χ1) is 9.69. The Labute approximate surface area is 123 Å². The highest BCUT2D eigenvalue weighted by Gasteiger charge is 2.17. The number of rotatable bonds is 3. The van der Waals surface area contributed by atoms with Gasteiger partial charge in [0, 0.05) is 12.3 Å². The molecular weight excluding hydrogens is 324 g/mol. The molecule has 6 nitrogen and oxygen atoms in total. The van der Waals surface area contributed by atoms with Crippen molar-refractivity contribution in [1.29, 1.82) is 0 Å². The lowest BCUT2D eigenvalue weighted by molar-refractivity contribution is 0.206. The highest BCUT2D eigenvalue weighted by Crippen LogP contribution is 2.24. The van der Waals surface area contributed by atoms with Gasteiger partial charge >= 0.3 is 0 Å². The van der Waals surface area contributed by atoms with Crippen molar-refractivity contribution in [1.82, 2.24) is 19.6 Å². The van der Waals surface area contributed by atoms with Crippen LogP contribution in [0.5, 0.6) is 5.75 Å². The summed E-state index contributed by atoms with van der Waals surface area (Å²) in [5.41, 5.74) is 1.29. The minimum absolute atomic E-state index is 0.397. The minimum Gasteiger partial charge on any atom is -0.497 e. The third kappa shape index (κ3) is 2.25. The monoisotopic (exact) mass is 334 g/mol. The van der Waals surface area contributed by atoms with Gasteiger partial charge in [0.15, 0.2) is 11.5 Å². The van der Waals surface area contributed by atoms with Crippen LogP contribution >= 0.6 is 15.9 Å². The number of hydrogen-bond acceptors (Lipinski definition) is 5. The van der Waals surface area contributed by atoms with Crippen LogP contribution in [0.3, 0.4) is 0 Å². The maximum atomic E-state index is 10.5. The Bertz CT molecular complexity index is 759. The summed E-state index contributed by atoms with van der Waals surface area (Å²) >= 11 is 3.21. The van der Waals surface area contributed by atoms with Crippen LogP contribution in [0, 0.1) is 0 Å². The zero-order valence-corrected chi connectivity index (χ0v) is 12.1. The highest BCUT2D eigenvalue weighted by atomic mass is 79.9. The number of halogens is 1. The van der Waals surface area contributed by atoms with Crippen LogP contribution < -0.4 is 4.74 Å². The molecule has 2 heterocycles. The summed E-state index contributed by atoms with van der Waals surface area (Å²) in [7, 11) is 1.58. The number of aromatic nitrogens is 4. The smallest absolute Gasteiger partial charge is 0.218 e. The van der Waals surface area contributed by atoms with E-state index in [9.17, 15) is 5.11 Å². The summed E-state index contributed by atoms with van der Waals surface area (Å²) in [6, 6.07) is 8.92. The largest absolute Gasteiger partial charge is 0.497 e. The van der Waals surface area contributed by atoms with E-state index in [1.54, 1.807) is 31.5 Å². The first kappa shape index (κ1) is 13.0. The fourth-order valence-corrected chi connectivity index (χ4v) is 2.30. The van der Waals surface area contributed by atoms with Gasteiger partial charge in [-0.2, -0.15) is 4.52 Å². The molecule has 0 spiro atoms. The molecule has 0 bridgehead atoms. The second kappa shape index (κ2) is 5.18. The zero-order chi connectivity index (χ0) is 14.1. The summed E-state index contributed by atoms with van der Waals surface area (Å²) in [6.45, 7) is 0. The lowest BCUT2D eigenvalue weighted by Crippen LogP contribution is -2.09. The quantitative estimate of drug-likeness (QED) is 0.792. The van der Waals surface area contributed by atoms with E-state index in [-0.39, 0.29) is 0 Å². The van der Waals surface area contributed by atoms with Crippen molar-refractivity contribution in [3.05, 3.63) is 52.7 Å². The van der Waals surface area contributed by atoms with Crippen molar-refractivity contribution in [2.75, 3.05) is 7.11 Å². The van der Waals surface area contributed by atoms with Crippen LogP contribution in [-0.4, -0.2) is 31.8 Å². The van der Waals surface area contributed by atoms with E-state index in [1.807, 2.05) is 12.1 Å². The van der Waals surface area contributed by atoms with Gasteiger partial charge in [0.1, 0.15) is 11.9 Å². The summed E-state index contributed by atoms with van der Waals surface area (Å²) in [5.74, 6) is 1.07. The molecule has 3 rings (SSSR count). The first-order valence-corrected chi connectivity index (χ1v) is 6.67. The van der Waals surface area contributed by atoms with Gasteiger partial charge in [-0.05, 0) is 33.6 Å². The summed E-state index contributed by atoms with van der Waals surface area (Å²) in [4.78, 5) is 8.38. The Hall–Kier alpha value is -1.99. The number of benzene rings is 1. The van der Waals surface area contributed by atoms with Gasteiger partial charge in [-0.25, -0.2) is 9.97 Å². The molecule has 102 valence electrons. The maximum absolute atomic E-state index is 10.5. The molecule has 2 aromatic heterocycles. The fourth-order valence-electron chi connectivity index (χ4n) is 1.96.